The largest absolute Gasteiger partial charge is 0.387 e. The highest BCUT2D eigenvalue weighted by molar-refractivity contribution is 5.85. The Bertz CT molecular complexity index is 265. The maximum atomic E-state index is 6.07. The van der Waals surface area contributed by atoms with Crippen molar-refractivity contribution in [2.75, 3.05) is 6.54 Å². The predicted molar refractivity (Wildman–Crippen MR) is 76.3 cm³/mol. The molecule has 2 N–H and O–H groups in total. The van der Waals surface area contributed by atoms with Crippen molar-refractivity contribution in [2.45, 2.75) is 66.7 Å². The summed E-state index contributed by atoms with van der Waals surface area (Å²) in [5.41, 5.74) is 6.53. The van der Waals surface area contributed by atoms with Crippen molar-refractivity contribution in [3.05, 3.63) is 0 Å². The van der Waals surface area contributed by atoms with Crippen LogP contribution in [-0.2, 0) is 0 Å². The first-order chi connectivity index (χ1) is 7.75. The van der Waals surface area contributed by atoms with E-state index in [0.29, 0.717) is 5.41 Å². The average molecular weight is 238 g/mol. The summed E-state index contributed by atoms with van der Waals surface area (Å²) in [6, 6.07) is 0. The standard InChI is InChI=1S/C15H30N2/c1-12(2)10-15(8-6-7-9-15)11-17-13(16)14(3,4)5/h12H,6-11H2,1-5H3,(H2,16,17). The van der Waals surface area contributed by atoms with Crippen LogP contribution >= 0.6 is 0 Å². The highest BCUT2D eigenvalue weighted by Crippen LogP contribution is 2.43. The first-order valence-corrected chi connectivity index (χ1v) is 7.06. The van der Waals surface area contributed by atoms with Crippen molar-refractivity contribution in [2.24, 2.45) is 27.5 Å². The SMILES string of the molecule is CC(C)CC1(CN=C(N)C(C)(C)C)CCCC1. The van der Waals surface area contributed by atoms with Gasteiger partial charge >= 0.3 is 0 Å². The molecule has 0 amide bonds. The van der Waals surface area contributed by atoms with Crippen LogP contribution in [-0.4, -0.2) is 12.4 Å². The van der Waals surface area contributed by atoms with Crippen molar-refractivity contribution >= 4 is 5.84 Å². The Kier molecular flexibility index (Phi) is 4.62. The van der Waals surface area contributed by atoms with Crippen LogP contribution in [0.4, 0.5) is 0 Å². The fourth-order valence-corrected chi connectivity index (χ4v) is 2.91. The number of rotatable bonds is 4. The number of aliphatic imine (C=N–C) groups is 1. The third-order valence-corrected chi connectivity index (χ3v) is 3.86. The Labute approximate surface area is 107 Å². The van der Waals surface area contributed by atoms with Gasteiger partial charge in [-0.2, -0.15) is 0 Å². The average Bonchev–Trinajstić information content (AvgIpc) is 2.60. The van der Waals surface area contributed by atoms with Gasteiger partial charge in [-0.25, -0.2) is 0 Å². The van der Waals surface area contributed by atoms with E-state index < -0.39 is 0 Å². The molecule has 1 aliphatic rings. The molecule has 0 aromatic heterocycles. The number of amidine groups is 1. The van der Waals surface area contributed by atoms with E-state index in [1.165, 1.54) is 32.1 Å². The van der Waals surface area contributed by atoms with E-state index in [1.807, 2.05) is 0 Å². The third-order valence-electron chi connectivity index (χ3n) is 3.86. The summed E-state index contributed by atoms with van der Waals surface area (Å²) < 4.78 is 0. The lowest BCUT2D eigenvalue weighted by molar-refractivity contribution is 0.245. The second kappa shape index (κ2) is 5.41. The molecule has 0 radical (unpaired) electrons. The maximum absolute atomic E-state index is 6.07. The molecule has 0 unspecified atom stereocenters. The van der Waals surface area contributed by atoms with Crippen LogP contribution in [0.25, 0.3) is 0 Å². The molecule has 1 fully saturated rings. The molecular weight excluding hydrogens is 208 g/mol. The monoisotopic (exact) mass is 238 g/mol. The van der Waals surface area contributed by atoms with Gasteiger partial charge in [0.1, 0.15) is 0 Å². The molecule has 0 heterocycles. The lowest BCUT2D eigenvalue weighted by Gasteiger charge is -2.30. The van der Waals surface area contributed by atoms with Crippen molar-refractivity contribution < 1.29 is 0 Å². The van der Waals surface area contributed by atoms with Gasteiger partial charge in [-0.05, 0) is 30.6 Å². The molecule has 1 aliphatic carbocycles. The molecule has 100 valence electrons. The van der Waals surface area contributed by atoms with Crippen LogP contribution in [0.15, 0.2) is 4.99 Å². The molecule has 2 nitrogen and oxygen atoms in total. The molecule has 1 rings (SSSR count). The van der Waals surface area contributed by atoms with Gasteiger partial charge in [0.05, 0.1) is 5.84 Å². The van der Waals surface area contributed by atoms with E-state index in [4.69, 9.17) is 10.7 Å². The van der Waals surface area contributed by atoms with Crippen LogP contribution in [0.1, 0.15) is 66.7 Å². The number of hydrogen-bond acceptors (Lipinski definition) is 1. The van der Waals surface area contributed by atoms with Gasteiger partial charge < -0.3 is 5.73 Å². The molecule has 0 aliphatic heterocycles. The molecule has 0 saturated heterocycles. The van der Waals surface area contributed by atoms with Gasteiger partial charge in [0.25, 0.3) is 0 Å². The molecule has 0 bridgehead atoms. The summed E-state index contributed by atoms with van der Waals surface area (Å²) in [7, 11) is 0. The topological polar surface area (TPSA) is 38.4 Å². The number of nitrogens with two attached hydrogens (primary N) is 1. The molecule has 0 aromatic carbocycles. The molecule has 0 atom stereocenters. The minimum Gasteiger partial charge on any atom is -0.387 e. The minimum atomic E-state index is 0.0115. The van der Waals surface area contributed by atoms with E-state index in [2.05, 4.69) is 34.6 Å². The molecule has 1 saturated carbocycles. The van der Waals surface area contributed by atoms with E-state index in [9.17, 15) is 0 Å². The van der Waals surface area contributed by atoms with Gasteiger partial charge in [0.2, 0.25) is 0 Å². The van der Waals surface area contributed by atoms with Crippen molar-refractivity contribution in [3.8, 4) is 0 Å². The summed E-state index contributed by atoms with van der Waals surface area (Å²) in [4.78, 5) is 4.70. The Morgan fingerprint density at radius 1 is 1.24 bits per heavy atom. The predicted octanol–water partition coefficient (Wildman–Crippen LogP) is 4.00. The summed E-state index contributed by atoms with van der Waals surface area (Å²) in [5.74, 6) is 1.58. The smallest absolute Gasteiger partial charge is 0.0991 e. The Morgan fingerprint density at radius 3 is 2.18 bits per heavy atom. The normalized spacial score (nSPS) is 21.2. The zero-order valence-corrected chi connectivity index (χ0v) is 12.3. The van der Waals surface area contributed by atoms with Crippen LogP contribution in [0, 0.1) is 16.7 Å². The van der Waals surface area contributed by atoms with E-state index in [1.54, 1.807) is 0 Å². The second-order valence-electron chi connectivity index (χ2n) is 7.26. The van der Waals surface area contributed by atoms with E-state index in [-0.39, 0.29) is 5.41 Å². The molecule has 17 heavy (non-hydrogen) atoms. The lowest BCUT2D eigenvalue weighted by atomic mass is 9.78. The van der Waals surface area contributed by atoms with Crippen LogP contribution < -0.4 is 5.73 Å². The minimum absolute atomic E-state index is 0.0115. The first kappa shape index (κ1) is 14.5. The fraction of sp³-hybridized carbons (Fsp3) is 0.933. The van der Waals surface area contributed by atoms with Crippen molar-refractivity contribution in [3.63, 3.8) is 0 Å². The molecule has 0 aromatic rings. The van der Waals surface area contributed by atoms with Crippen LogP contribution in [0.3, 0.4) is 0 Å². The zero-order valence-electron chi connectivity index (χ0n) is 12.3. The number of nitrogens with zero attached hydrogens (tertiary/aromatic N) is 1. The second-order valence-corrected chi connectivity index (χ2v) is 7.26. The van der Waals surface area contributed by atoms with Gasteiger partial charge in [-0.1, -0.05) is 47.5 Å². The third kappa shape index (κ3) is 4.33. The van der Waals surface area contributed by atoms with Crippen LogP contribution in [0.2, 0.25) is 0 Å². The Hall–Kier alpha value is -0.530. The summed E-state index contributed by atoms with van der Waals surface area (Å²) in [6.07, 6.45) is 6.72. The Balaban J connectivity index is 2.68. The van der Waals surface area contributed by atoms with Gasteiger partial charge in [-0.15, -0.1) is 0 Å². The summed E-state index contributed by atoms with van der Waals surface area (Å²) in [6.45, 7) is 12.0. The molecule has 2 heteroatoms. The van der Waals surface area contributed by atoms with Crippen LogP contribution in [0.5, 0.6) is 0 Å². The lowest BCUT2D eigenvalue weighted by Crippen LogP contribution is -2.31. The van der Waals surface area contributed by atoms with Gasteiger partial charge in [-0.3, -0.25) is 4.99 Å². The Morgan fingerprint density at radius 2 is 1.76 bits per heavy atom. The fourth-order valence-electron chi connectivity index (χ4n) is 2.91. The van der Waals surface area contributed by atoms with Gasteiger partial charge in [0.15, 0.2) is 0 Å². The van der Waals surface area contributed by atoms with Crippen molar-refractivity contribution in [1.82, 2.24) is 0 Å². The first-order valence-electron chi connectivity index (χ1n) is 7.06. The van der Waals surface area contributed by atoms with E-state index in [0.717, 1.165) is 18.3 Å². The highest BCUT2D eigenvalue weighted by Gasteiger charge is 2.34. The maximum Gasteiger partial charge on any atom is 0.0991 e. The van der Waals surface area contributed by atoms with Gasteiger partial charge in [0, 0.05) is 12.0 Å². The van der Waals surface area contributed by atoms with E-state index >= 15 is 0 Å². The highest BCUT2D eigenvalue weighted by atomic mass is 14.9. The molecular formula is C15H30N2. The zero-order chi connectivity index (χ0) is 13.1. The molecule has 0 spiro atoms. The van der Waals surface area contributed by atoms with Crippen molar-refractivity contribution in [1.29, 1.82) is 0 Å². The summed E-state index contributed by atoms with van der Waals surface area (Å²) in [5, 5.41) is 0. The number of hydrogen-bond donors (Lipinski definition) is 1. The quantitative estimate of drug-likeness (QED) is 0.583. The summed E-state index contributed by atoms with van der Waals surface area (Å²) >= 11 is 0.